The van der Waals surface area contributed by atoms with E-state index in [2.05, 4.69) is 4.52 Å². The van der Waals surface area contributed by atoms with E-state index in [-0.39, 0.29) is 25.6 Å². The van der Waals surface area contributed by atoms with Crippen LogP contribution in [0.1, 0.15) is 13.8 Å². The Morgan fingerprint density at radius 3 is 1.75 bits per heavy atom. The van der Waals surface area contributed by atoms with E-state index in [1.807, 2.05) is 0 Å². The van der Waals surface area contributed by atoms with Crippen molar-refractivity contribution in [2.75, 3.05) is 0 Å². The van der Waals surface area contributed by atoms with E-state index in [0.29, 0.717) is 0 Å². The smallest absolute Gasteiger partial charge is 0.820 e. The molecule has 0 fully saturated rings. The summed E-state index contributed by atoms with van der Waals surface area (Å²) in [4.78, 5) is 19.2. The first kappa shape index (κ1) is 11.7. The molecule has 0 aliphatic rings. The van der Waals surface area contributed by atoms with E-state index >= 15 is 0 Å². The molecule has 0 aromatic heterocycles. The Balaban J connectivity index is 0. The molecule has 0 rings (SSSR count). The average molecular weight is 187 g/mol. The zero-order valence-electron chi connectivity index (χ0n) is 4.96. The maximum atomic E-state index is 9.62. The summed E-state index contributed by atoms with van der Waals surface area (Å²) in [6, 6.07) is 0. The summed E-state index contributed by atoms with van der Waals surface area (Å²) in [5.41, 5.74) is 0. The molecular formula is C3H7O3PZn. The van der Waals surface area contributed by atoms with Crippen molar-refractivity contribution in [1.29, 1.82) is 0 Å². The maximum absolute atomic E-state index is 9.62. The van der Waals surface area contributed by atoms with Crippen LogP contribution in [0.4, 0.5) is 0 Å². The van der Waals surface area contributed by atoms with Gasteiger partial charge < -0.3 is 14.3 Å². The van der Waals surface area contributed by atoms with Crippen molar-refractivity contribution in [2.24, 2.45) is 0 Å². The summed E-state index contributed by atoms with van der Waals surface area (Å²) in [5.74, 6) is 0. The second kappa shape index (κ2) is 6.06. The summed E-state index contributed by atoms with van der Waals surface area (Å²) in [5, 5.41) is 0. The summed E-state index contributed by atoms with van der Waals surface area (Å²) >= 11 is 0. The zero-order chi connectivity index (χ0) is 5.86. The van der Waals surface area contributed by atoms with Gasteiger partial charge in [-0.3, -0.25) is 0 Å². The topological polar surface area (TPSA) is 55.3 Å². The molecule has 0 aromatic rings. The van der Waals surface area contributed by atoms with Crippen LogP contribution in [0, 0.1) is 0 Å². The minimum atomic E-state index is -2.64. The summed E-state index contributed by atoms with van der Waals surface area (Å²) in [6.07, 6.45) is -0.221. The van der Waals surface area contributed by atoms with Gasteiger partial charge in [-0.1, -0.05) is 0 Å². The van der Waals surface area contributed by atoms with E-state index in [1.165, 1.54) is 0 Å². The standard InChI is InChI=1S/C3H7O3P.Zn/c1-3(2)6-7(4)5;/h3H,1-2H3;/q-2;+2. The first-order valence-electron chi connectivity index (χ1n) is 1.94. The van der Waals surface area contributed by atoms with Crippen molar-refractivity contribution >= 4 is 8.60 Å². The summed E-state index contributed by atoms with van der Waals surface area (Å²) in [6.45, 7) is 3.32. The van der Waals surface area contributed by atoms with E-state index in [0.717, 1.165) is 0 Å². The Labute approximate surface area is 62.8 Å². The third kappa shape index (κ3) is 10.0. The monoisotopic (exact) mass is 186 g/mol. The van der Waals surface area contributed by atoms with E-state index in [9.17, 15) is 9.79 Å². The third-order valence-electron chi connectivity index (χ3n) is 0.297. The van der Waals surface area contributed by atoms with Crippen molar-refractivity contribution in [3.05, 3.63) is 0 Å². The molecule has 0 aliphatic carbocycles. The molecule has 0 bridgehead atoms. The zero-order valence-corrected chi connectivity index (χ0v) is 8.82. The van der Waals surface area contributed by atoms with Crippen LogP contribution in [-0.2, 0) is 24.0 Å². The average Bonchev–Trinajstić information content (AvgIpc) is 1.27. The number of rotatable bonds is 2. The maximum Gasteiger partial charge on any atom is 2.00 e. The molecule has 3 nitrogen and oxygen atoms in total. The molecule has 8 heavy (non-hydrogen) atoms. The second-order valence-electron chi connectivity index (χ2n) is 1.38. The van der Waals surface area contributed by atoms with E-state index in [4.69, 9.17) is 0 Å². The van der Waals surface area contributed by atoms with Crippen LogP contribution in [0.2, 0.25) is 0 Å². The molecule has 0 aliphatic heterocycles. The largest absolute Gasteiger partial charge is 2.00 e. The van der Waals surface area contributed by atoms with E-state index in [1.54, 1.807) is 13.8 Å². The van der Waals surface area contributed by atoms with Crippen LogP contribution in [0.25, 0.3) is 0 Å². The molecule has 0 heterocycles. The molecule has 0 N–H and O–H groups in total. The molecule has 0 saturated heterocycles. The first-order chi connectivity index (χ1) is 3.13. The predicted molar refractivity (Wildman–Crippen MR) is 23.1 cm³/mol. The molecule has 0 amide bonds. The van der Waals surface area contributed by atoms with Crippen LogP contribution in [-0.4, -0.2) is 6.10 Å². The van der Waals surface area contributed by atoms with Gasteiger partial charge in [-0.05, 0) is 13.8 Å². The molecule has 0 spiro atoms. The van der Waals surface area contributed by atoms with Crippen LogP contribution in [0.3, 0.4) is 0 Å². The van der Waals surface area contributed by atoms with Gasteiger partial charge in [0, 0.05) is 0 Å². The third-order valence-corrected chi connectivity index (χ3v) is 0.891. The molecule has 0 unspecified atom stereocenters. The fraction of sp³-hybridized carbons (Fsp3) is 1.00. The van der Waals surface area contributed by atoms with Crippen molar-refractivity contribution in [2.45, 2.75) is 20.0 Å². The van der Waals surface area contributed by atoms with Crippen LogP contribution in [0.15, 0.2) is 0 Å². The van der Waals surface area contributed by atoms with Crippen molar-refractivity contribution < 1.29 is 33.8 Å². The Hall–Kier alpha value is 0.933. The van der Waals surface area contributed by atoms with Crippen LogP contribution >= 0.6 is 8.60 Å². The number of hydrogen-bond donors (Lipinski definition) is 0. The SMILES string of the molecule is CC(C)OP([O-])[O-].[Zn+2]. The fourth-order valence-corrected chi connectivity index (χ4v) is 0.516. The Morgan fingerprint density at radius 2 is 1.75 bits per heavy atom. The van der Waals surface area contributed by atoms with Gasteiger partial charge in [-0.15, -0.1) is 0 Å². The van der Waals surface area contributed by atoms with Crippen molar-refractivity contribution in [3.8, 4) is 0 Å². The van der Waals surface area contributed by atoms with Crippen LogP contribution in [0.5, 0.6) is 0 Å². The number of hydrogen-bond acceptors (Lipinski definition) is 3. The van der Waals surface area contributed by atoms with Gasteiger partial charge in [0.1, 0.15) is 0 Å². The van der Waals surface area contributed by atoms with Gasteiger partial charge in [0.05, 0.1) is 6.10 Å². The van der Waals surface area contributed by atoms with Crippen molar-refractivity contribution in [3.63, 3.8) is 0 Å². The minimum Gasteiger partial charge on any atom is -0.820 e. The Morgan fingerprint density at radius 1 is 1.38 bits per heavy atom. The Bertz CT molecular complexity index is 43.8. The fourth-order valence-electron chi connectivity index (χ4n) is 0.172. The first-order valence-corrected chi connectivity index (χ1v) is 3.03. The molecule has 5 heteroatoms. The Kier molecular flexibility index (Phi) is 8.86. The van der Waals surface area contributed by atoms with Gasteiger partial charge in [-0.2, -0.15) is 8.60 Å². The molecule has 0 radical (unpaired) electrons. The predicted octanol–water partition coefficient (Wildman–Crippen LogP) is -0.644. The summed E-state index contributed by atoms with van der Waals surface area (Å²) < 4.78 is 4.20. The molecule has 44 valence electrons. The van der Waals surface area contributed by atoms with Gasteiger partial charge >= 0.3 is 19.5 Å². The van der Waals surface area contributed by atoms with Gasteiger partial charge in [0.15, 0.2) is 0 Å². The summed E-state index contributed by atoms with van der Waals surface area (Å²) in [7, 11) is -2.64. The van der Waals surface area contributed by atoms with E-state index < -0.39 is 8.60 Å². The van der Waals surface area contributed by atoms with Gasteiger partial charge in [0.2, 0.25) is 0 Å². The second-order valence-corrected chi connectivity index (χ2v) is 2.04. The minimum absolute atomic E-state index is 0. The van der Waals surface area contributed by atoms with Crippen LogP contribution < -0.4 is 9.79 Å². The molecular weight excluding hydrogens is 180 g/mol. The molecule has 0 atom stereocenters. The normalized spacial score (nSPS) is 9.75. The quantitative estimate of drug-likeness (QED) is 0.427. The molecule has 0 aromatic carbocycles. The van der Waals surface area contributed by atoms with Gasteiger partial charge in [-0.25, -0.2) is 0 Å². The van der Waals surface area contributed by atoms with Gasteiger partial charge in [0.25, 0.3) is 0 Å². The molecule has 0 saturated carbocycles. The van der Waals surface area contributed by atoms with Crippen molar-refractivity contribution in [1.82, 2.24) is 0 Å².